The van der Waals surface area contributed by atoms with Gasteiger partial charge in [0.25, 0.3) is 5.91 Å². The number of nitrogens with zero attached hydrogens (tertiary/aromatic N) is 1. The molecule has 2 amide bonds. The van der Waals surface area contributed by atoms with Gasteiger partial charge >= 0.3 is 0 Å². The van der Waals surface area contributed by atoms with E-state index >= 15 is 0 Å². The Bertz CT molecular complexity index is 931. The van der Waals surface area contributed by atoms with Crippen LogP contribution in [0.5, 0.6) is 0 Å². The van der Waals surface area contributed by atoms with Crippen LogP contribution in [0.15, 0.2) is 52.0 Å². The summed E-state index contributed by atoms with van der Waals surface area (Å²) in [5.41, 5.74) is 0.287. The van der Waals surface area contributed by atoms with E-state index in [9.17, 15) is 18.0 Å². The van der Waals surface area contributed by atoms with Gasteiger partial charge in [-0.3, -0.25) is 9.59 Å². The van der Waals surface area contributed by atoms with Crippen LogP contribution in [0.3, 0.4) is 0 Å². The smallest absolute Gasteiger partial charge is 0.251 e. The van der Waals surface area contributed by atoms with Crippen molar-refractivity contribution in [1.29, 1.82) is 0 Å². The molecule has 2 aromatic rings. The number of rotatable bonds is 7. The Morgan fingerprint density at radius 3 is 2.41 bits per heavy atom. The van der Waals surface area contributed by atoms with Gasteiger partial charge in [-0.1, -0.05) is 6.92 Å². The van der Waals surface area contributed by atoms with Crippen LogP contribution >= 0.6 is 0 Å². The van der Waals surface area contributed by atoms with Crippen molar-refractivity contribution < 1.29 is 22.4 Å². The molecular weight excluding hydrogens is 394 g/mol. The van der Waals surface area contributed by atoms with Crippen molar-refractivity contribution in [1.82, 2.24) is 14.9 Å². The Hall–Kier alpha value is -2.65. The summed E-state index contributed by atoms with van der Waals surface area (Å²) in [6.45, 7) is 3.20. The third-order valence-corrected chi connectivity index (χ3v) is 6.86. The van der Waals surface area contributed by atoms with Crippen molar-refractivity contribution in [2.45, 2.75) is 31.2 Å². The van der Waals surface area contributed by atoms with E-state index in [4.69, 9.17) is 4.42 Å². The number of hydrogen-bond acceptors (Lipinski definition) is 5. The molecule has 156 valence electrons. The standard InChI is InChI=1S/C20H25N3O5S/c1-15-8-10-23(11-9-15)29(26,27)18-6-4-16(5-7-18)20(25)22-14-19(24)21-13-17-3-2-12-28-17/h2-7,12,15H,8-11,13-14H2,1H3,(H,21,24)(H,22,25). The van der Waals surface area contributed by atoms with Crippen LogP contribution in [0.4, 0.5) is 0 Å². The topological polar surface area (TPSA) is 109 Å². The second-order valence-electron chi connectivity index (χ2n) is 7.15. The van der Waals surface area contributed by atoms with E-state index in [1.807, 2.05) is 0 Å². The third kappa shape index (κ3) is 5.45. The van der Waals surface area contributed by atoms with Gasteiger partial charge < -0.3 is 15.1 Å². The van der Waals surface area contributed by atoms with Gasteiger partial charge in [0.1, 0.15) is 5.76 Å². The van der Waals surface area contributed by atoms with Crippen LogP contribution in [0.25, 0.3) is 0 Å². The van der Waals surface area contributed by atoms with Gasteiger partial charge in [0.05, 0.1) is 24.2 Å². The molecule has 1 aromatic carbocycles. The Morgan fingerprint density at radius 2 is 1.79 bits per heavy atom. The lowest BCUT2D eigenvalue weighted by atomic mass is 10.0. The highest BCUT2D eigenvalue weighted by molar-refractivity contribution is 7.89. The van der Waals surface area contributed by atoms with E-state index in [1.165, 1.54) is 34.8 Å². The zero-order valence-electron chi connectivity index (χ0n) is 16.3. The zero-order valence-corrected chi connectivity index (χ0v) is 17.1. The predicted molar refractivity (Wildman–Crippen MR) is 106 cm³/mol. The summed E-state index contributed by atoms with van der Waals surface area (Å²) in [6, 6.07) is 9.22. The van der Waals surface area contributed by atoms with E-state index in [1.54, 1.807) is 12.1 Å². The normalized spacial score (nSPS) is 15.8. The molecule has 1 aromatic heterocycles. The minimum Gasteiger partial charge on any atom is -0.467 e. The molecule has 0 radical (unpaired) electrons. The monoisotopic (exact) mass is 419 g/mol. The number of piperidine rings is 1. The largest absolute Gasteiger partial charge is 0.467 e. The lowest BCUT2D eigenvalue weighted by molar-refractivity contribution is -0.120. The first-order valence-corrected chi connectivity index (χ1v) is 11.0. The van der Waals surface area contributed by atoms with Crippen LogP contribution < -0.4 is 10.6 Å². The molecule has 0 bridgehead atoms. The average Bonchev–Trinajstić information content (AvgIpc) is 3.24. The van der Waals surface area contributed by atoms with Gasteiger partial charge in [0, 0.05) is 18.7 Å². The zero-order chi connectivity index (χ0) is 20.9. The number of benzene rings is 1. The second kappa shape index (κ2) is 9.23. The molecule has 0 unspecified atom stereocenters. The number of hydrogen-bond donors (Lipinski definition) is 2. The Labute approximate surface area is 170 Å². The summed E-state index contributed by atoms with van der Waals surface area (Å²) < 4.78 is 32.1. The molecule has 2 heterocycles. The molecular formula is C20H25N3O5S. The maximum atomic E-state index is 12.7. The molecule has 0 saturated carbocycles. The van der Waals surface area contributed by atoms with Crippen LogP contribution in [0.1, 0.15) is 35.9 Å². The van der Waals surface area contributed by atoms with Crippen LogP contribution in [-0.4, -0.2) is 44.2 Å². The molecule has 9 heteroatoms. The maximum absolute atomic E-state index is 12.7. The van der Waals surface area contributed by atoms with E-state index in [0.29, 0.717) is 24.8 Å². The Kier molecular flexibility index (Phi) is 6.71. The van der Waals surface area contributed by atoms with E-state index < -0.39 is 15.9 Å². The Balaban J connectivity index is 1.52. The fourth-order valence-corrected chi connectivity index (χ4v) is 4.55. The molecule has 1 aliphatic rings. The molecule has 0 atom stereocenters. The van der Waals surface area contributed by atoms with E-state index in [0.717, 1.165) is 12.8 Å². The van der Waals surface area contributed by atoms with Crippen LogP contribution in [0.2, 0.25) is 0 Å². The van der Waals surface area contributed by atoms with E-state index in [-0.39, 0.29) is 29.5 Å². The van der Waals surface area contributed by atoms with Gasteiger partial charge in [-0.25, -0.2) is 8.42 Å². The van der Waals surface area contributed by atoms with Gasteiger partial charge in [0.2, 0.25) is 15.9 Å². The summed E-state index contributed by atoms with van der Waals surface area (Å²) >= 11 is 0. The van der Waals surface area contributed by atoms with Gasteiger partial charge in [0.15, 0.2) is 0 Å². The minimum atomic E-state index is -3.55. The molecule has 1 fully saturated rings. The summed E-state index contributed by atoms with van der Waals surface area (Å²) in [7, 11) is -3.55. The summed E-state index contributed by atoms with van der Waals surface area (Å²) in [4.78, 5) is 24.2. The highest BCUT2D eigenvalue weighted by Gasteiger charge is 2.28. The summed E-state index contributed by atoms with van der Waals surface area (Å²) in [5.74, 6) is 0.343. The third-order valence-electron chi connectivity index (χ3n) is 4.95. The molecule has 0 aliphatic carbocycles. The first kappa shape index (κ1) is 21.1. The van der Waals surface area contributed by atoms with Crippen LogP contribution in [0, 0.1) is 5.92 Å². The van der Waals surface area contributed by atoms with Crippen molar-refractivity contribution in [2.24, 2.45) is 5.92 Å². The highest BCUT2D eigenvalue weighted by atomic mass is 32.2. The van der Waals surface area contributed by atoms with Gasteiger partial charge in [-0.05, 0) is 55.2 Å². The number of carbonyl (C=O) groups excluding carboxylic acids is 2. The number of carbonyl (C=O) groups is 2. The lowest BCUT2D eigenvalue weighted by Gasteiger charge is -2.29. The molecule has 1 aliphatic heterocycles. The van der Waals surface area contributed by atoms with Crippen molar-refractivity contribution in [3.05, 3.63) is 54.0 Å². The SMILES string of the molecule is CC1CCN(S(=O)(=O)c2ccc(C(=O)NCC(=O)NCc3ccco3)cc2)CC1. The maximum Gasteiger partial charge on any atom is 0.251 e. The van der Waals surface area contributed by atoms with Crippen molar-refractivity contribution in [3.63, 3.8) is 0 Å². The fourth-order valence-electron chi connectivity index (χ4n) is 3.08. The number of furan rings is 1. The van der Waals surface area contributed by atoms with E-state index in [2.05, 4.69) is 17.6 Å². The summed E-state index contributed by atoms with van der Waals surface area (Å²) in [5, 5.41) is 5.14. The highest BCUT2D eigenvalue weighted by Crippen LogP contribution is 2.23. The number of nitrogens with one attached hydrogen (secondary N) is 2. The predicted octanol–water partition coefficient (Wildman–Crippen LogP) is 1.75. The first-order chi connectivity index (χ1) is 13.9. The summed E-state index contributed by atoms with van der Waals surface area (Å²) in [6.07, 6.45) is 3.21. The Morgan fingerprint density at radius 1 is 1.10 bits per heavy atom. The molecule has 29 heavy (non-hydrogen) atoms. The molecule has 1 saturated heterocycles. The quantitative estimate of drug-likeness (QED) is 0.711. The molecule has 3 rings (SSSR count). The van der Waals surface area contributed by atoms with Gasteiger partial charge in [-0.2, -0.15) is 4.31 Å². The number of sulfonamides is 1. The van der Waals surface area contributed by atoms with Crippen molar-refractivity contribution in [3.8, 4) is 0 Å². The molecule has 2 N–H and O–H groups in total. The molecule has 0 spiro atoms. The second-order valence-corrected chi connectivity index (χ2v) is 9.09. The van der Waals surface area contributed by atoms with Crippen molar-refractivity contribution in [2.75, 3.05) is 19.6 Å². The average molecular weight is 420 g/mol. The van der Waals surface area contributed by atoms with Crippen LogP contribution in [-0.2, 0) is 21.4 Å². The fraction of sp³-hybridized carbons (Fsp3) is 0.400. The lowest BCUT2D eigenvalue weighted by Crippen LogP contribution is -2.38. The molecule has 8 nitrogen and oxygen atoms in total. The van der Waals surface area contributed by atoms with Crippen molar-refractivity contribution >= 4 is 21.8 Å². The number of amides is 2. The first-order valence-electron chi connectivity index (χ1n) is 9.54. The minimum absolute atomic E-state index is 0.166. The van der Waals surface area contributed by atoms with Gasteiger partial charge in [-0.15, -0.1) is 0 Å².